The minimum Gasteiger partial charge on any atom is -0.453 e. The quantitative estimate of drug-likeness (QED) is 0.153. The molecule has 14 nitrogen and oxygen atoms in total. The van der Waals surface area contributed by atoms with Crippen molar-refractivity contribution in [1.29, 1.82) is 0 Å². The highest BCUT2D eigenvalue weighted by Crippen LogP contribution is 2.58. The smallest absolute Gasteiger partial charge is 0.407 e. The average molecular weight is 734 g/mol. The molecule has 3 aliphatic rings. The lowest BCUT2D eigenvalue weighted by Crippen LogP contribution is -2.54. The van der Waals surface area contributed by atoms with Gasteiger partial charge in [-0.05, 0) is 79.3 Å². The predicted molar refractivity (Wildman–Crippen MR) is 201 cm³/mol. The average Bonchev–Trinajstić information content (AvgIpc) is 3.65. The number of benzene rings is 2. The zero-order valence-corrected chi connectivity index (χ0v) is 31.1. The number of urea groups is 1. The number of aromatic nitrogens is 4. The van der Waals surface area contributed by atoms with E-state index in [9.17, 15) is 19.2 Å². The van der Waals surface area contributed by atoms with Crippen LogP contribution in [-0.2, 0) is 14.3 Å². The number of nitrogens with two attached hydrogens (primary N) is 1. The molecule has 7 rings (SSSR count). The number of alkyl carbamates (subject to hydrolysis) is 1. The Kier molecular flexibility index (Phi) is 10.1. The van der Waals surface area contributed by atoms with Gasteiger partial charge in [-0.1, -0.05) is 44.7 Å². The summed E-state index contributed by atoms with van der Waals surface area (Å²) < 4.78 is 4.66. The van der Waals surface area contributed by atoms with Crippen LogP contribution in [0.2, 0.25) is 0 Å². The summed E-state index contributed by atoms with van der Waals surface area (Å²) in [6, 6.07) is 11.6. The van der Waals surface area contributed by atoms with Gasteiger partial charge in [0.05, 0.1) is 42.1 Å². The van der Waals surface area contributed by atoms with Crippen molar-refractivity contribution < 1.29 is 23.9 Å². The SMILES string of the molecule is COC(=O)N[C@@H](CNC(N)=O)C(=O)N1CCC[C@H]1c1ncc(-c2ccc(C#Cc3ccc4nc([C@@H]5CC6(CC6)CN5C(=O)[C@@H](C)C(C)C)[nH]c4c3)cc2)[nH]1. The fraction of sp³-hybridized carbons (Fsp3) is 0.450. The van der Waals surface area contributed by atoms with E-state index >= 15 is 0 Å². The first-order valence-electron chi connectivity index (χ1n) is 18.6. The maximum atomic E-state index is 13.5. The van der Waals surface area contributed by atoms with Crippen LogP contribution in [0.15, 0.2) is 48.7 Å². The zero-order valence-electron chi connectivity index (χ0n) is 31.1. The van der Waals surface area contributed by atoms with Crippen LogP contribution in [0.1, 0.15) is 87.7 Å². The van der Waals surface area contributed by atoms with E-state index in [0.717, 1.165) is 58.6 Å². The van der Waals surface area contributed by atoms with Gasteiger partial charge >= 0.3 is 12.1 Å². The van der Waals surface area contributed by atoms with Gasteiger partial charge in [0.15, 0.2) is 0 Å². The van der Waals surface area contributed by atoms with Gasteiger partial charge in [-0.3, -0.25) is 9.59 Å². The minimum atomic E-state index is -1.05. The second-order valence-electron chi connectivity index (χ2n) is 15.2. The summed E-state index contributed by atoms with van der Waals surface area (Å²) in [7, 11) is 1.20. The molecule has 2 aromatic carbocycles. The number of hydrogen-bond acceptors (Lipinski definition) is 7. The van der Waals surface area contributed by atoms with Crippen LogP contribution in [0.5, 0.6) is 0 Å². The number of nitrogens with zero attached hydrogens (tertiary/aromatic N) is 4. The first kappa shape index (κ1) is 36.5. The second-order valence-corrected chi connectivity index (χ2v) is 15.2. The number of amides is 5. The molecule has 1 spiro atoms. The predicted octanol–water partition coefficient (Wildman–Crippen LogP) is 4.75. The highest BCUT2D eigenvalue weighted by atomic mass is 16.5. The molecule has 54 heavy (non-hydrogen) atoms. The fourth-order valence-corrected chi connectivity index (χ4v) is 7.53. The van der Waals surface area contributed by atoms with E-state index in [1.165, 1.54) is 20.0 Å². The van der Waals surface area contributed by atoms with Crippen molar-refractivity contribution in [2.75, 3.05) is 26.7 Å². The number of nitrogens with one attached hydrogen (secondary N) is 4. The number of carbonyl (C=O) groups excluding carboxylic acids is 4. The minimum absolute atomic E-state index is 0.0308. The number of fused-ring (bicyclic) bond motifs is 1. The van der Waals surface area contributed by atoms with Crippen LogP contribution in [0.25, 0.3) is 22.3 Å². The lowest BCUT2D eigenvalue weighted by Gasteiger charge is -2.28. The van der Waals surface area contributed by atoms with Crippen LogP contribution in [0.3, 0.4) is 0 Å². The van der Waals surface area contributed by atoms with Crippen LogP contribution in [-0.4, -0.2) is 86.5 Å². The van der Waals surface area contributed by atoms with Crippen LogP contribution < -0.4 is 16.4 Å². The molecule has 0 radical (unpaired) electrons. The van der Waals surface area contributed by atoms with Gasteiger partial charge in [0.1, 0.15) is 17.7 Å². The van der Waals surface area contributed by atoms with E-state index in [0.29, 0.717) is 18.8 Å². The van der Waals surface area contributed by atoms with E-state index in [4.69, 9.17) is 10.7 Å². The third kappa shape index (κ3) is 7.62. The molecule has 1 aliphatic carbocycles. The Morgan fingerprint density at radius 3 is 2.43 bits per heavy atom. The number of likely N-dealkylation sites (tertiary alicyclic amines) is 2. The molecule has 0 unspecified atom stereocenters. The van der Waals surface area contributed by atoms with Crippen molar-refractivity contribution in [2.45, 2.75) is 71.0 Å². The van der Waals surface area contributed by atoms with E-state index in [1.54, 1.807) is 11.1 Å². The van der Waals surface area contributed by atoms with Crippen LogP contribution >= 0.6 is 0 Å². The lowest BCUT2D eigenvalue weighted by atomic mass is 9.96. The third-order valence-corrected chi connectivity index (χ3v) is 11.2. The molecular formula is C40H47N9O5. The number of imidazole rings is 2. The zero-order chi connectivity index (χ0) is 38.1. The first-order valence-corrected chi connectivity index (χ1v) is 18.6. The maximum Gasteiger partial charge on any atom is 0.407 e. The summed E-state index contributed by atoms with van der Waals surface area (Å²) in [6.45, 7) is 7.35. The number of H-pyrrole nitrogens is 2. The molecule has 14 heteroatoms. The normalized spacial score (nSPS) is 19.7. The van der Waals surface area contributed by atoms with Gasteiger partial charge in [0.2, 0.25) is 11.8 Å². The number of methoxy groups -OCH3 is 1. The highest BCUT2D eigenvalue weighted by Gasteiger charge is 2.54. The Balaban J connectivity index is 1.02. The van der Waals surface area contributed by atoms with Crippen molar-refractivity contribution in [1.82, 2.24) is 40.4 Å². The summed E-state index contributed by atoms with van der Waals surface area (Å²) in [5, 5.41) is 4.87. The number of carbonyl (C=O) groups is 4. The van der Waals surface area contributed by atoms with Crippen molar-refractivity contribution in [3.05, 3.63) is 71.4 Å². The van der Waals surface area contributed by atoms with Crippen LogP contribution in [0.4, 0.5) is 9.59 Å². The van der Waals surface area contributed by atoms with Gasteiger partial charge in [0.25, 0.3) is 0 Å². The largest absolute Gasteiger partial charge is 0.453 e. The van der Waals surface area contributed by atoms with E-state index in [-0.39, 0.29) is 47.7 Å². The summed E-state index contributed by atoms with van der Waals surface area (Å²) >= 11 is 0. The summed E-state index contributed by atoms with van der Waals surface area (Å²) in [4.78, 5) is 70.3. The molecule has 6 N–H and O–H groups in total. The van der Waals surface area contributed by atoms with E-state index < -0.39 is 18.2 Å². The molecule has 4 aromatic rings. The fourth-order valence-electron chi connectivity index (χ4n) is 7.53. The molecular weight excluding hydrogens is 686 g/mol. The van der Waals surface area contributed by atoms with Crippen LogP contribution in [0, 0.1) is 29.1 Å². The molecule has 1 saturated carbocycles. The number of ether oxygens (including phenoxy) is 1. The van der Waals surface area contributed by atoms with Gasteiger partial charge in [-0.2, -0.15) is 0 Å². The Hall–Kier alpha value is -5.84. The van der Waals surface area contributed by atoms with Gasteiger partial charge in [-0.15, -0.1) is 0 Å². The van der Waals surface area contributed by atoms with Crippen molar-refractivity contribution >= 4 is 35.0 Å². The number of aromatic amines is 2. The van der Waals surface area contributed by atoms with E-state index in [2.05, 4.69) is 60.9 Å². The lowest BCUT2D eigenvalue weighted by molar-refractivity contribution is -0.137. The number of rotatable bonds is 9. The molecule has 0 bridgehead atoms. The molecule has 2 aliphatic heterocycles. The van der Waals surface area contributed by atoms with Crippen molar-refractivity contribution in [3.63, 3.8) is 0 Å². The standard InChI is InChI=1S/C40H47N9O5/c1-23(2)24(3)36(50)49-22-40(15-16-40)19-33(49)35-44-28-14-11-26(18-29(28)45-35)8-7-25-9-12-27(13-10-25)30-20-42-34(46-30)32-6-5-17-48(32)37(51)31(21-43-38(41)52)47-39(53)54-4/h9-14,18,20,23-24,31-33H,5-6,15-17,19,21-22H2,1-4H3,(H,42,46)(H,44,45)(H,47,53)(H3,41,43,52)/t24-,31-,32-,33-/m0/s1. The number of primary amides is 1. The molecule has 4 atom stereocenters. The third-order valence-electron chi connectivity index (χ3n) is 11.2. The Bertz CT molecular complexity index is 2120. The van der Waals surface area contributed by atoms with Gasteiger partial charge in [-0.25, -0.2) is 19.6 Å². The summed E-state index contributed by atoms with van der Waals surface area (Å²) in [5.41, 5.74) is 10.6. The maximum absolute atomic E-state index is 13.5. The summed E-state index contributed by atoms with van der Waals surface area (Å²) in [6.07, 6.45) is 5.69. The van der Waals surface area contributed by atoms with E-state index in [1.807, 2.05) is 49.4 Å². The summed E-state index contributed by atoms with van der Waals surface area (Å²) in [5.74, 6) is 8.12. The molecule has 4 heterocycles. The molecule has 5 amide bonds. The molecule has 2 aromatic heterocycles. The Morgan fingerprint density at radius 2 is 1.72 bits per heavy atom. The molecule has 2 saturated heterocycles. The van der Waals surface area contributed by atoms with Gasteiger partial charge < -0.3 is 40.9 Å². The topological polar surface area (TPSA) is 191 Å². The molecule has 282 valence electrons. The Labute approximate surface area is 314 Å². The Morgan fingerprint density at radius 1 is 0.981 bits per heavy atom. The highest BCUT2D eigenvalue weighted by molar-refractivity contribution is 5.87. The number of hydrogen-bond donors (Lipinski definition) is 5. The second kappa shape index (κ2) is 14.9. The first-order chi connectivity index (χ1) is 25.9. The van der Waals surface area contributed by atoms with Crippen molar-refractivity contribution in [2.24, 2.45) is 23.0 Å². The van der Waals surface area contributed by atoms with Crippen molar-refractivity contribution in [3.8, 4) is 23.1 Å². The monoisotopic (exact) mass is 733 g/mol. The molecule has 3 fully saturated rings. The van der Waals surface area contributed by atoms with Gasteiger partial charge in [0, 0.05) is 36.7 Å².